The Morgan fingerprint density at radius 2 is 2.27 bits per heavy atom. The third-order valence-electron chi connectivity index (χ3n) is 4.89. The molecule has 3 rings (SSSR count). The van der Waals surface area contributed by atoms with Crippen LogP contribution < -0.4 is 10.9 Å². The first-order valence-corrected chi connectivity index (χ1v) is 8.02. The normalized spacial score (nSPS) is 26.2. The number of oxazole rings is 1. The highest BCUT2D eigenvalue weighted by Crippen LogP contribution is 2.49. The van der Waals surface area contributed by atoms with E-state index >= 15 is 0 Å². The highest BCUT2D eigenvalue weighted by Gasteiger charge is 2.40. The maximum absolute atomic E-state index is 12.1. The summed E-state index contributed by atoms with van der Waals surface area (Å²) >= 11 is 0. The van der Waals surface area contributed by atoms with Crippen LogP contribution in [0, 0.1) is 29.1 Å². The van der Waals surface area contributed by atoms with Crippen molar-refractivity contribution < 1.29 is 9.21 Å². The maximum Gasteiger partial charge on any atom is 0.250 e. The Kier molecular flexibility index (Phi) is 4.06. The SMILES string of the molecule is CC(C)c1nc(C#N)c(NNC(=O)CC2CC3CCC2C3)o1. The molecule has 22 heavy (non-hydrogen) atoms. The van der Waals surface area contributed by atoms with Gasteiger partial charge in [-0.25, -0.2) is 4.98 Å². The molecule has 0 saturated heterocycles. The fraction of sp³-hybridized carbons (Fsp3) is 0.688. The zero-order valence-corrected chi connectivity index (χ0v) is 13.1. The van der Waals surface area contributed by atoms with Crippen molar-refractivity contribution >= 4 is 11.8 Å². The molecule has 6 nitrogen and oxygen atoms in total. The summed E-state index contributed by atoms with van der Waals surface area (Å²) in [7, 11) is 0. The van der Waals surface area contributed by atoms with Gasteiger partial charge in [-0.2, -0.15) is 5.26 Å². The molecule has 0 radical (unpaired) electrons. The molecular weight excluding hydrogens is 280 g/mol. The maximum atomic E-state index is 12.1. The van der Waals surface area contributed by atoms with Crippen LogP contribution in [0.5, 0.6) is 0 Å². The van der Waals surface area contributed by atoms with Crippen molar-refractivity contribution in [3.63, 3.8) is 0 Å². The second-order valence-corrected chi connectivity index (χ2v) is 6.81. The lowest BCUT2D eigenvalue weighted by Gasteiger charge is -2.20. The predicted octanol–water partition coefficient (Wildman–Crippen LogP) is 2.94. The monoisotopic (exact) mass is 302 g/mol. The fourth-order valence-electron chi connectivity index (χ4n) is 3.79. The van der Waals surface area contributed by atoms with Crippen LogP contribution in [0.2, 0.25) is 0 Å². The standard InChI is InChI=1S/C16H22N4O2/c1-9(2)15-18-13(8-17)16(22-15)20-19-14(21)7-12-6-10-3-4-11(12)5-10/h9-12,20H,3-7H2,1-2H3,(H,19,21). The van der Waals surface area contributed by atoms with Gasteiger partial charge in [-0.1, -0.05) is 20.3 Å². The Hall–Kier alpha value is -2.03. The fourth-order valence-corrected chi connectivity index (χ4v) is 3.79. The predicted molar refractivity (Wildman–Crippen MR) is 80.6 cm³/mol. The van der Waals surface area contributed by atoms with Crippen molar-refractivity contribution in [1.29, 1.82) is 5.26 Å². The van der Waals surface area contributed by atoms with Crippen LogP contribution in [0.15, 0.2) is 4.42 Å². The molecule has 3 atom stereocenters. The van der Waals surface area contributed by atoms with Gasteiger partial charge < -0.3 is 4.42 Å². The number of hydrogen-bond donors (Lipinski definition) is 2. The van der Waals surface area contributed by atoms with Gasteiger partial charge in [0.1, 0.15) is 6.07 Å². The summed E-state index contributed by atoms with van der Waals surface area (Å²) in [5, 5.41) is 9.05. The van der Waals surface area contributed by atoms with E-state index in [1.165, 1.54) is 25.7 Å². The number of nitriles is 1. The van der Waals surface area contributed by atoms with Gasteiger partial charge in [-0.15, -0.1) is 0 Å². The highest BCUT2D eigenvalue weighted by atomic mass is 16.4. The van der Waals surface area contributed by atoms with Gasteiger partial charge in [0.25, 0.3) is 5.88 Å². The summed E-state index contributed by atoms with van der Waals surface area (Å²) in [6, 6.07) is 1.97. The summed E-state index contributed by atoms with van der Waals surface area (Å²) in [5.41, 5.74) is 5.51. The van der Waals surface area contributed by atoms with Crippen LogP contribution in [0.3, 0.4) is 0 Å². The molecule has 2 N–H and O–H groups in total. The molecule has 1 heterocycles. The Morgan fingerprint density at radius 1 is 1.45 bits per heavy atom. The van der Waals surface area contributed by atoms with Crippen LogP contribution >= 0.6 is 0 Å². The van der Waals surface area contributed by atoms with Crippen LogP contribution in [0.25, 0.3) is 0 Å². The van der Waals surface area contributed by atoms with Gasteiger partial charge in [-0.05, 0) is 37.0 Å². The third kappa shape index (κ3) is 2.94. The molecule has 2 saturated carbocycles. The molecule has 6 heteroatoms. The molecule has 1 amide bonds. The van der Waals surface area contributed by atoms with Crippen molar-refractivity contribution in [2.45, 2.75) is 51.9 Å². The van der Waals surface area contributed by atoms with Crippen LogP contribution in [0.1, 0.15) is 63.5 Å². The van der Waals surface area contributed by atoms with Gasteiger partial charge >= 0.3 is 0 Å². The molecule has 3 unspecified atom stereocenters. The number of aromatic nitrogens is 1. The summed E-state index contributed by atoms with van der Waals surface area (Å²) in [5.74, 6) is 2.81. The lowest BCUT2D eigenvalue weighted by atomic mass is 9.86. The molecule has 0 spiro atoms. The Balaban J connectivity index is 1.54. The molecule has 2 bridgehead atoms. The van der Waals surface area contributed by atoms with Crippen LogP contribution in [-0.4, -0.2) is 10.9 Å². The van der Waals surface area contributed by atoms with E-state index in [1.807, 2.05) is 19.9 Å². The molecule has 1 aromatic rings. The molecule has 2 aliphatic carbocycles. The number of rotatable bonds is 5. The van der Waals surface area contributed by atoms with E-state index in [0.29, 0.717) is 18.2 Å². The van der Waals surface area contributed by atoms with E-state index in [9.17, 15) is 4.79 Å². The van der Waals surface area contributed by atoms with E-state index in [1.54, 1.807) is 0 Å². The number of hydrogen-bond acceptors (Lipinski definition) is 5. The number of hydrazine groups is 1. The molecule has 2 aliphatic rings. The quantitative estimate of drug-likeness (QED) is 0.816. The molecular formula is C16H22N4O2. The second-order valence-electron chi connectivity index (χ2n) is 6.81. The largest absolute Gasteiger partial charge is 0.422 e. The number of nitrogens with one attached hydrogen (secondary N) is 2. The Labute approximate surface area is 130 Å². The zero-order chi connectivity index (χ0) is 15.7. The lowest BCUT2D eigenvalue weighted by Crippen LogP contribution is -2.32. The number of carbonyl (C=O) groups is 1. The molecule has 0 aliphatic heterocycles. The van der Waals surface area contributed by atoms with Crippen molar-refractivity contribution in [2.75, 3.05) is 5.43 Å². The van der Waals surface area contributed by atoms with E-state index in [0.717, 1.165) is 11.8 Å². The van der Waals surface area contributed by atoms with Crippen LogP contribution in [-0.2, 0) is 4.79 Å². The highest BCUT2D eigenvalue weighted by molar-refractivity contribution is 5.77. The smallest absolute Gasteiger partial charge is 0.250 e. The van der Waals surface area contributed by atoms with E-state index < -0.39 is 0 Å². The number of amides is 1. The molecule has 2 fully saturated rings. The Bertz CT molecular complexity index is 602. The molecule has 118 valence electrons. The molecule has 1 aromatic heterocycles. The topological polar surface area (TPSA) is 91.0 Å². The number of nitrogens with zero attached hydrogens (tertiary/aromatic N) is 2. The van der Waals surface area contributed by atoms with Gasteiger partial charge in [0.05, 0.1) is 0 Å². The van der Waals surface area contributed by atoms with Gasteiger partial charge in [0.2, 0.25) is 17.5 Å². The van der Waals surface area contributed by atoms with Crippen molar-refractivity contribution in [2.24, 2.45) is 17.8 Å². The van der Waals surface area contributed by atoms with Crippen molar-refractivity contribution in [3.8, 4) is 6.07 Å². The summed E-state index contributed by atoms with van der Waals surface area (Å²) in [6.07, 6.45) is 5.63. The first-order chi connectivity index (χ1) is 10.6. The van der Waals surface area contributed by atoms with Gasteiger partial charge in [0.15, 0.2) is 0 Å². The first-order valence-electron chi connectivity index (χ1n) is 8.02. The van der Waals surface area contributed by atoms with Crippen LogP contribution in [0.4, 0.5) is 5.88 Å². The second kappa shape index (κ2) is 5.99. The minimum Gasteiger partial charge on any atom is -0.422 e. The van der Waals surface area contributed by atoms with E-state index in [2.05, 4.69) is 15.8 Å². The lowest BCUT2D eigenvalue weighted by molar-refractivity contribution is -0.121. The number of anilines is 1. The molecule has 0 aromatic carbocycles. The summed E-state index contributed by atoms with van der Waals surface area (Å²) < 4.78 is 5.48. The third-order valence-corrected chi connectivity index (χ3v) is 4.89. The number of carbonyl (C=O) groups excluding carboxylic acids is 1. The van der Waals surface area contributed by atoms with Crippen molar-refractivity contribution in [1.82, 2.24) is 10.4 Å². The minimum absolute atomic E-state index is 0.0519. The average Bonchev–Trinajstić information content (AvgIpc) is 3.19. The first kappa shape index (κ1) is 14.9. The van der Waals surface area contributed by atoms with E-state index in [-0.39, 0.29) is 23.4 Å². The van der Waals surface area contributed by atoms with Crippen molar-refractivity contribution in [3.05, 3.63) is 11.6 Å². The zero-order valence-electron chi connectivity index (χ0n) is 13.1. The summed E-state index contributed by atoms with van der Waals surface area (Å²) in [6.45, 7) is 3.87. The summed E-state index contributed by atoms with van der Waals surface area (Å²) in [4.78, 5) is 16.2. The van der Waals surface area contributed by atoms with Gasteiger partial charge in [-0.3, -0.25) is 15.6 Å². The Morgan fingerprint density at radius 3 is 2.86 bits per heavy atom. The van der Waals surface area contributed by atoms with E-state index in [4.69, 9.17) is 9.68 Å². The minimum atomic E-state index is -0.0519. The average molecular weight is 302 g/mol. The number of fused-ring (bicyclic) bond motifs is 2. The van der Waals surface area contributed by atoms with Gasteiger partial charge in [0, 0.05) is 12.3 Å².